The number of ether oxygens (including phenoxy) is 1. The summed E-state index contributed by atoms with van der Waals surface area (Å²) in [5.74, 6) is -0.287. The molecule has 1 aromatic carbocycles. The SMILES string of the molecule is COc1ncc(C(=O)N2CCCC23CN(c2ccc(F)cc2)C(C)(C)C3)cn1. The normalized spacial score (nSPS) is 23.4. The average Bonchev–Trinajstić information content (AvgIpc) is 3.21. The van der Waals surface area contributed by atoms with Gasteiger partial charge in [-0.1, -0.05) is 0 Å². The number of likely N-dealkylation sites (tertiary alicyclic amines) is 1. The Morgan fingerprint density at radius 3 is 2.50 bits per heavy atom. The van der Waals surface area contributed by atoms with Gasteiger partial charge in [0, 0.05) is 36.7 Å². The summed E-state index contributed by atoms with van der Waals surface area (Å²) in [5, 5.41) is 0. The quantitative estimate of drug-likeness (QED) is 0.813. The molecule has 0 aliphatic carbocycles. The van der Waals surface area contributed by atoms with Crippen LogP contribution in [0, 0.1) is 5.82 Å². The van der Waals surface area contributed by atoms with Crippen molar-refractivity contribution in [2.24, 2.45) is 0 Å². The second-order valence-electron chi connectivity index (χ2n) is 8.29. The molecule has 2 fully saturated rings. The molecule has 148 valence electrons. The minimum atomic E-state index is -0.243. The zero-order valence-electron chi connectivity index (χ0n) is 16.5. The van der Waals surface area contributed by atoms with Gasteiger partial charge in [-0.15, -0.1) is 0 Å². The molecule has 6 nitrogen and oxygen atoms in total. The molecule has 3 heterocycles. The van der Waals surface area contributed by atoms with Crippen molar-refractivity contribution in [3.63, 3.8) is 0 Å². The van der Waals surface area contributed by atoms with Crippen molar-refractivity contribution >= 4 is 11.6 Å². The molecule has 0 saturated carbocycles. The number of benzene rings is 1. The summed E-state index contributed by atoms with van der Waals surface area (Å²) < 4.78 is 18.4. The van der Waals surface area contributed by atoms with Crippen LogP contribution < -0.4 is 9.64 Å². The molecule has 2 saturated heterocycles. The minimum absolute atomic E-state index is 0.0445. The predicted molar refractivity (Wildman–Crippen MR) is 104 cm³/mol. The van der Waals surface area contributed by atoms with E-state index in [2.05, 4.69) is 28.7 Å². The fourth-order valence-corrected chi connectivity index (χ4v) is 4.82. The maximum absolute atomic E-state index is 13.4. The molecule has 2 aromatic rings. The van der Waals surface area contributed by atoms with Gasteiger partial charge in [0.15, 0.2) is 0 Å². The Hall–Kier alpha value is -2.70. The first kappa shape index (κ1) is 18.7. The van der Waals surface area contributed by atoms with E-state index in [-0.39, 0.29) is 28.8 Å². The van der Waals surface area contributed by atoms with Gasteiger partial charge in [-0.25, -0.2) is 14.4 Å². The van der Waals surface area contributed by atoms with E-state index in [0.717, 1.165) is 38.0 Å². The minimum Gasteiger partial charge on any atom is -0.467 e. The Kier molecular flexibility index (Phi) is 4.48. The van der Waals surface area contributed by atoms with Crippen LogP contribution in [-0.4, -0.2) is 52.1 Å². The molecule has 1 unspecified atom stereocenters. The van der Waals surface area contributed by atoms with Crippen LogP contribution in [0.1, 0.15) is 43.5 Å². The molecule has 0 bridgehead atoms. The van der Waals surface area contributed by atoms with Crippen molar-refractivity contribution in [3.05, 3.63) is 48.0 Å². The van der Waals surface area contributed by atoms with Gasteiger partial charge in [0.2, 0.25) is 0 Å². The van der Waals surface area contributed by atoms with Crippen LogP contribution in [0.15, 0.2) is 36.7 Å². The highest BCUT2D eigenvalue weighted by atomic mass is 19.1. The lowest BCUT2D eigenvalue weighted by molar-refractivity contribution is 0.0616. The van der Waals surface area contributed by atoms with E-state index >= 15 is 0 Å². The number of halogens is 1. The highest BCUT2D eigenvalue weighted by Gasteiger charge is 2.55. The molecule has 4 rings (SSSR count). The number of hydrogen-bond donors (Lipinski definition) is 0. The van der Waals surface area contributed by atoms with Gasteiger partial charge in [0.1, 0.15) is 5.82 Å². The number of amides is 1. The highest BCUT2D eigenvalue weighted by Crippen LogP contribution is 2.47. The van der Waals surface area contributed by atoms with Crippen molar-refractivity contribution in [1.29, 1.82) is 0 Å². The first-order valence-corrected chi connectivity index (χ1v) is 9.56. The van der Waals surface area contributed by atoms with Crippen LogP contribution in [0.5, 0.6) is 6.01 Å². The Labute approximate surface area is 164 Å². The highest BCUT2D eigenvalue weighted by molar-refractivity contribution is 5.94. The van der Waals surface area contributed by atoms with Gasteiger partial charge in [-0.3, -0.25) is 4.79 Å². The molecule has 0 N–H and O–H groups in total. The van der Waals surface area contributed by atoms with Gasteiger partial charge in [-0.05, 0) is 57.4 Å². The van der Waals surface area contributed by atoms with E-state index in [9.17, 15) is 9.18 Å². The third-order valence-electron chi connectivity index (χ3n) is 5.98. The maximum atomic E-state index is 13.4. The Bertz CT molecular complexity index is 869. The second-order valence-corrected chi connectivity index (χ2v) is 8.29. The fraction of sp³-hybridized carbons (Fsp3) is 0.476. The van der Waals surface area contributed by atoms with Gasteiger partial charge in [-0.2, -0.15) is 0 Å². The van der Waals surface area contributed by atoms with Crippen LogP contribution >= 0.6 is 0 Å². The van der Waals surface area contributed by atoms with E-state index in [1.54, 1.807) is 0 Å². The molecular formula is C21H25FN4O2. The number of carbonyl (C=O) groups is 1. The maximum Gasteiger partial charge on any atom is 0.316 e. The van der Waals surface area contributed by atoms with E-state index in [1.807, 2.05) is 17.0 Å². The lowest BCUT2D eigenvalue weighted by Crippen LogP contribution is -2.49. The molecule has 28 heavy (non-hydrogen) atoms. The molecule has 1 amide bonds. The lowest BCUT2D eigenvalue weighted by atomic mass is 9.87. The third kappa shape index (κ3) is 3.08. The summed E-state index contributed by atoms with van der Waals surface area (Å²) in [6, 6.07) is 6.85. The summed E-state index contributed by atoms with van der Waals surface area (Å²) in [6.07, 6.45) is 5.84. The van der Waals surface area contributed by atoms with Gasteiger partial charge in [0.25, 0.3) is 5.91 Å². The van der Waals surface area contributed by atoms with Gasteiger partial charge < -0.3 is 14.5 Å². The summed E-state index contributed by atoms with van der Waals surface area (Å²) in [5.41, 5.74) is 1.07. The molecule has 0 radical (unpaired) electrons. The third-order valence-corrected chi connectivity index (χ3v) is 5.98. The zero-order chi connectivity index (χ0) is 19.9. The van der Waals surface area contributed by atoms with E-state index in [1.165, 1.54) is 31.6 Å². The number of methoxy groups -OCH3 is 1. The Balaban J connectivity index is 1.62. The van der Waals surface area contributed by atoms with Crippen LogP contribution in [0.25, 0.3) is 0 Å². The van der Waals surface area contributed by atoms with Crippen molar-refractivity contribution in [3.8, 4) is 6.01 Å². The number of aromatic nitrogens is 2. The smallest absolute Gasteiger partial charge is 0.316 e. The summed E-state index contributed by atoms with van der Waals surface area (Å²) in [7, 11) is 1.50. The summed E-state index contributed by atoms with van der Waals surface area (Å²) >= 11 is 0. The Morgan fingerprint density at radius 2 is 1.86 bits per heavy atom. The lowest BCUT2D eigenvalue weighted by Gasteiger charge is -2.35. The second kappa shape index (κ2) is 6.72. The first-order chi connectivity index (χ1) is 13.3. The largest absolute Gasteiger partial charge is 0.467 e. The van der Waals surface area contributed by atoms with Crippen molar-refractivity contribution in [2.45, 2.75) is 44.2 Å². The number of carbonyl (C=O) groups excluding carboxylic acids is 1. The predicted octanol–water partition coefficient (Wildman–Crippen LogP) is 3.29. The average molecular weight is 384 g/mol. The van der Waals surface area contributed by atoms with E-state index in [4.69, 9.17) is 4.74 Å². The van der Waals surface area contributed by atoms with E-state index in [0.29, 0.717) is 5.56 Å². The van der Waals surface area contributed by atoms with Crippen LogP contribution in [0.3, 0.4) is 0 Å². The first-order valence-electron chi connectivity index (χ1n) is 9.56. The van der Waals surface area contributed by atoms with Crippen LogP contribution in [0.4, 0.5) is 10.1 Å². The van der Waals surface area contributed by atoms with Crippen molar-refractivity contribution in [2.75, 3.05) is 25.1 Å². The summed E-state index contributed by atoms with van der Waals surface area (Å²) in [4.78, 5) is 25.7. The molecule has 2 aliphatic rings. The standard InChI is InChI=1S/C21H25FN4O2/c1-20(2)13-21(14-26(20)17-7-5-16(22)6-8-17)9-4-10-25(21)18(27)15-11-23-19(28-3)24-12-15/h5-8,11-12H,4,9-10,13-14H2,1-3H3. The zero-order valence-corrected chi connectivity index (χ0v) is 16.5. The molecule has 1 spiro atoms. The van der Waals surface area contributed by atoms with Crippen LogP contribution in [-0.2, 0) is 0 Å². The van der Waals surface area contributed by atoms with Crippen molar-refractivity contribution in [1.82, 2.24) is 14.9 Å². The topological polar surface area (TPSA) is 58.6 Å². The summed E-state index contributed by atoms with van der Waals surface area (Å²) in [6.45, 7) is 5.82. The molecule has 2 aliphatic heterocycles. The number of anilines is 1. The monoisotopic (exact) mass is 384 g/mol. The molecule has 7 heteroatoms. The van der Waals surface area contributed by atoms with Gasteiger partial charge >= 0.3 is 6.01 Å². The Morgan fingerprint density at radius 1 is 1.18 bits per heavy atom. The molecule has 1 aromatic heterocycles. The number of rotatable bonds is 3. The van der Waals surface area contributed by atoms with E-state index < -0.39 is 0 Å². The van der Waals surface area contributed by atoms with Crippen molar-refractivity contribution < 1.29 is 13.9 Å². The molecular weight excluding hydrogens is 359 g/mol. The number of nitrogens with zero attached hydrogens (tertiary/aromatic N) is 4. The fourth-order valence-electron chi connectivity index (χ4n) is 4.82. The van der Waals surface area contributed by atoms with Crippen LogP contribution in [0.2, 0.25) is 0 Å². The molecule has 1 atom stereocenters. The number of hydrogen-bond acceptors (Lipinski definition) is 5. The van der Waals surface area contributed by atoms with Gasteiger partial charge in [0.05, 0.1) is 18.2 Å².